The van der Waals surface area contributed by atoms with E-state index in [1.165, 1.54) is 0 Å². The average molecular weight is 354 g/mol. The number of nitrogens with one attached hydrogen (secondary N) is 2. The zero-order valence-electron chi connectivity index (χ0n) is 12.3. The van der Waals surface area contributed by atoms with E-state index in [0.717, 1.165) is 37.1 Å². The van der Waals surface area contributed by atoms with Gasteiger partial charge in [-0.1, -0.05) is 13.3 Å². The van der Waals surface area contributed by atoms with Gasteiger partial charge in [0.1, 0.15) is 5.75 Å². The number of ether oxygens (including phenoxy) is 1. The van der Waals surface area contributed by atoms with E-state index in [4.69, 9.17) is 0 Å². The van der Waals surface area contributed by atoms with Gasteiger partial charge in [0.25, 0.3) is 0 Å². The number of benzene rings is 1. The molecule has 1 aromatic rings. The number of rotatable bonds is 8. The molecule has 0 unspecified atom stereocenters. The predicted octanol–water partition coefficient (Wildman–Crippen LogP) is 1.78. The normalized spacial score (nSPS) is 12.0. The van der Waals surface area contributed by atoms with Gasteiger partial charge < -0.3 is 10.1 Å². The molecule has 0 saturated carbocycles. The van der Waals surface area contributed by atoms with Gasteiger partial charge in [0, 0.05) is 6.54 Å². The zero-order valence-corrected chi connectivity index (χ0v) is 13.1. The van der Waals surface area contributed by atoms with Gasteiger partial charge in [0.05, 0.1) is 11.4 Å². The van der Waals surface area contributed by atoms with Crippen LogP contribution in [0, 0.1) is 0 Å². The number of sulfonamides is 1. The second-order valence-electron chi connectivity index (χ2n) is 4.55. The Balaban J connectivity index is 2.61. The first-order chi connectivity index (χ1) is 10.6. The van der Waals surface area contributed by atoms with Crippen molar-refractivity contribution in [3.63, 3.8) is 0 Å². The molecule has 0 fully saturated rings. The molecule has 0 radical (unpaired) electrons. The maximum absolute atomic E-state index is 12.0. The van der Waals surface area contributed by atoms with Crippen molar-refractivity contribution in [2.24, 2.45) is 0 Å². The molecule has 1 rings (SSSR count). The molecule has 0 heterocycles. The highest BCUT2D eigenvalue weighted by Crippen LogP contribution is 2.23. The fourth-order valence-corrected chi connectivity index (χ4v) is 2.51. The van der Waals surface area contributed by atoms with Crippen molar-refractivity contribution in [3.05, 3.63) is 24.3 Å². The van der Waals surface area contributed by atoms with Gasteiger partial charge in [-0.05, 0) is 30.7 Å². The summed E-state index contributed by atoms with van der Waals surface area (Å²) in [6.45, 7) is 1.94. The van der Waals surface area contributed by atoms with Gasteiger partial charge in [0.15, 0.2) is 0 Å². The topological polar surface area (TPSA) is 84.5 Å². The molecule has 23 heavy (non-hydrogen) atoms. The highest BCUT2D eigenvalue weighted by Gasteiger charge is 2.31. The first kappa shape index (κ1) is 19.2. The Morgan fingerprint density at radius 3 is 2.35 bits per heavy atom. The van der Waals surface area contributed by atoms with Crippen molar-refractivity contribution < 1.29 is 31.1 Å². The van der Waals surface area contributed by atoms with Crippen LogP contribution in [-0.4, -0.2) is 33.8 Å². The minimum absolute atomic E-state index is 0.270. The molecule has 130 valence electrons. The van der Waals surface area contributed by atoms with Crippen LogP contribution in [0.1, 0.15) is 19.8 Å². The van der Waals surface area contributed by atoms with Crippen LogP contribution < -0.4 is 14.8 Å². The molecule has 0 atom stereocenters. The number of carbonyl (C=O) groups is 1. The Hall–Kier alpha value is -1.81. The van der Waals surface area contributed by atoms with Crippen LogP contribution in [0.2, 0.25) is 0 Å². The van der Waals surface area contributed by atoms with Crippen molar-refractivity contribution in [2.75, 3.05) is 13.1 Å². The molecule has 10 heteroatoms. The third-order valence-corrected chi connectivity index (χ3v) is 4.06. The number of hydrogen-bond donors (Lipinski definition) is 2. The minimum atomic E-state index is -4.85. The summed E-state index contributed by atoms with van der Waals surface area (Å²) >= 11 is 0. The average Bonchev–Trinajstić information content (AvgIpc) is 2.44. The lowest BCUT2D eigenvalue weighted by atomic mass is 10.3. The van der Waals surface area contributed by atoms with Crippen LogP contribution >= 0.6 is 0 Å². The smallest absolute Gasteiger partial charge is 0.406 e. The molecule has 6 nitrogen and oxygen atoms in total. The third kappa shape index (κ3) is 7.33. The highest BCUT2D eigenvalue weighted by molar-refractivity contribution is 7.89. The van der Waals surface area contributed by atoms with Gasteiger partial charge in [-0.3, -0.25) is 4.79 Å². The number of halogens is 3. The third-order valence-electron chi connectivity index (χ3n) is 2.64. The first-order valence-corrected chi connectivity index (χ1v) is 8.24. The van der Waals surface area contributed by atoms with Crippen molar-refractivity contribution >= 4 is 15.9 Å². The molecule has 0 bridgehead atoms. The monoisotopic (exact) mass is 354 g/mol. The minimum Gasteiger partial charge on any atom is -0.406 e. The van der Waals surface area contributed by atoms with Gasteiger partial charge in [0.2, 0.25) is 15.9 Å². The van der Waals surface area contributed by atoms with Crippen LogP contribution in [0.5, 0.6) is 5.75 Å². The number of carbonyl (C=O) groups excluding carboxylic acids is 1. The molecule has 0 aromatic heterocycles. The lowest BCUT2D eigenvalue weighted by Crippen LogP contribution is -2.37. The van der Waals surface area contributed by atoms with Gasteiger partial charge in [-0.2, -0.15) is 0 Å². The predicted molar refractivity (Wildman–Crippen MR) is 76.2 cm³/mol. The fraction of sp³-hybridized carbons (Fsp3) is 0.462. The van der Waals surface area contributed by atoms with E-state index in [0.29, 0.717) is 6.54 Å². The Morgan fingerprint density at radius 1 is 1.22 bits per heavy atom. The Kier molecular flexibility index (Phi) is 6.82. The maximum Gasteiger partial charge on any atom is 0.573 e. The Bertz CT molecular complexity index is 615. The summed E-state index contributed by atoms with van der Waals surface area (Å²) in [6.07, 6.45) is -3.19. The van der Waals surface area contributed by atoms with E-state index in [1.54, 1.807) is 0 Å². The molecule has 0 saturated heterocycles. The van der Waals surface area contributed by atoms with Crippen LogP contribution in [0.25, 0.3) is 0 Å². The summed E-state index contributed by atoms with van der Waals surface area (Å²) in [7, 11) is -3.99. The Labute approximate surface area is 132 Å². The van der Waals surface area contributed by atoms with Crippen LogP contribution in [-0.2, 0) is 14.8 Å². The second-order valence-corrected chi connectivity index (χ2v) is 6.31. The molecular formula is C13H17F3N2O4S. The van der Waals surface area contributed by atoms with E-state index in [1.807, 2.05) is 6.92 Å². The van der Waals surface area contributed by atoms with Gasteiger partial charge in [-0.25, -0.2) is 13.1 Å². The summed E-state index contributed by atoms with van der Waals surface area (Å²) < 4.78 is 65.6. The molecule has 1 aromatic carbocycles. The SMILES string of the molecule is CCCCNC(=O)CNS(=O)(=O)c1ccc(OC(F)(F)F)cc1. The summed E-state index contributed by atoms with van der Waals surface area (Å²) in [5.74, 6) is -1.02. The molecule has 0 spiro atoms. The fourth-order valence-electron chi connectivity index (χ4n) is 1.53. The zero-order chi connectivity index (χ0) is 17.5. The van der Waals surface area contributed by atoms with E-state index >= 15 is 0 Å². The molecule has 2 N–H and O–H groups in total. The lowest BCUT2D eigenvalue weighted by molar-refractivity contribution is -0.274. The molecule has 0 aliphatic rings. The van der Waals surface area contributed by atoms with Gasteiger partial charge >= 0.3 is 6.36 Å². The maximum atomic E-state index is 12.0. The van der Waals surface area contributed by atoms with Crippen LogP contribution in [0.3, 0.4) is 0 Å². The number of hydrogen-bond acceptors (Lipinski definition) is 4. The highest BCUT2D eigenvalue weighted by atomic mass is 32.2. The lowest BCUT2D eigenvalue weighted by Gasteiger charge is -2.10. The second kappa shape index (κ2) is 8.16. The van der Waals surface area contributed by atoms with Crippen LogP contribution in [0.4, 0.5) is 13.2 Å². The first-order valence-electron chi connectivity index (χ1n) is 6.76. The van der Waals surface area contributed by atoms with E-state index in [9.17, 15) is 26.4 Å². The summed E-state index contributed by atoms with van der Waals surface area (Å²) in [5, 5.41) is 2.53. The molecule has 1 amide bonds. The number of unbranched alkanes of at least 4 members (excludes halogenated alkanes) is 1. The van der Waals surface area contributed by atoms with Crippen molar-refractivity contribution in [1.82, 2.24) is 10.0 Å². The Morgan fingerprint density at radius 2 is 1.83 bits per heavy atom. The molecule has 0 aliphatic carbocycles. The number of alkyl halides is 3. The van der Waals surface area contributed by atoms with E-state index in [2.05, 4.69) is 14.8 Å². The summed E-state index contributed by atoms with van der Waals surface area (Å²) in [4.78, 5) is 11.2. The quantitative estimate of drug-likeness (QED) is 0.697. The van der Waals surface area contributed by atoms with Crippen molar-refractivity contribution in [1.29, 1.82) is 0 Å². The standard InChI is InChI=1S/C13H17F3N2O4S/c1-2-3-8-17-12(19)9-18-23(20,21)11-6-4-10(5-7-11)22-13(14,15)16/h4-7,18H,2-3,8-9H2,1H3,(H,17,19). The van der Waals surface area contributed by atoms with Gasteiger partial charge in [-0.15, -0.1) is 13.2 Å². The molecule has 0 aliphatic heterocycles. The van der Waals surface area contributed by atoms with Crippen molar-refractivity contribution in [2.45, 2.75) is 31.0 Å². The van der Waals surface area contributed by atoms with E-state index in [-0.39, 0.29) is 4.90 Å². The summed E-state index contributed by atoms with van der Waals surface area (Å²) in [5.41, 5.74) is 0. The van der Waals surface area contributed by atoms with Crippen molar-refractivity contribution in [3.8, 4) is 5.75 Å². The summed E-state index contributed by atoms with van der Waals surface area (Å²) in [6, 6.07) is 3.67. The number of amides is 1. The van der Waals surface area contributed by atoms with E-state index < -0.39 is 34.6 Å². The largest absolute Gasteiger partial charge is 0.573 e. The molecular weight excluding hydrogens is 337 g/mol. The van der Waals surface area contributed by atoms with Crippen LogP contribution in [0.15, 0.2) is 29.2 Å².